The zero-order chi connectivity index (χ0) is 29.3. The normalized spacial score (nSPS) is 12.5. The van der Waals surface area contributed by atoms with Crippen LogP contribution in [-0.2, 0) is 16.2 Å². The topological polar surface area (TPSA) is 117 Å². The van der Waals surface area contributed by atoms with Crippen molar-refractivity contribution in [3.8, 4) is 23.1 Å². The van der Waals surface area contributed by atoms with Crippen molar-refractivity contribution in [1.29, 1.82) is 0 Å². The van der Waals surface area contributed by atoms with Crippen LogP contribution in [-0.4, -0.2) is 52.0 Å². The monoisotopic (exact) mass is 580 g/mol. The second-order valence-electron chi connectivity index (χ2n) is 9.00. The molecule has 0 atom stereocenters. The Hall–Kier alpha value is -3.90. The van der Waals surface area contributed by atoms with Crippen LogP contribution < -0.4 is 4.72 Å². The Labute approximate surface area is 225 Å². The molecule has 0 aliphatic rings. The maximum absolute atomic E-state index is 13.8. The van der Waals surface area contributed by atoms with Gasteiger partial charge in [-0.1, -0.05) is 24.1 Å². The van der Waals surface area contributed by atoms with Crippen molar-refractivity contribution in [2.24, 2.45) is 0 Å². The van der Waals surface area contributed by atoms with E-state index in [2.05, 4.69) is 26.6 Å². The van der Waals surface area contributed by atoms with Gasteiger partial charge in [0.05, 0.1) is 34.9 Å². The van der Waals surface area contributed by atoms with Gasteiger partial charge in [-0.15, -0.1) is 0 Å². The number of aromatic nitrogens is 3. The van der Waals surface area contributed by atoms with E-state index >= 15 is 0 Å². The van der Waals surface area contributed by atoms with Gasteiger partial charge in [-0.25, -0.2) is 31.4 Å². The first-order valence-corrected chi connectivity index (χ1v) is 13.0. The summed E-state index contributed by atoms with van der Waals surface area (Å²) in [5, 5.41) is 22.8. The van der Waals surface area contributed by atoms with Crippen LogP contribution in [0, 0.1) is 11.8 Å². The molecule has 8 nitrogen and oxygen atoms in total. The standard InChI is InChI=1S/C26H21F5N4O4S/c1-25(14-36,15-37)34-40(38,39)20-4-2-3-16(11-20)5-10-19-12-23-32-21(13-22(24(27)28)35(23)33-19)17-6-8-18(9-7-17)26(29,30)31/h2-4,6-9,11-13,24,34,36-37H,14-15H2,1H3. The molecular weight excluding hydrogens is 559 g/mol. The van der Waals surface area contributed by atoms with Gasteiger partial charge in [0.1, 0.15) is 11.4 Å². The van der Waals surface area contributed by atoms with E-state index in [9.17, 15) is 40.6 Å². The second kappa shape index (κ2) is 10.9. The van der Waals surface area contributed by atoms with Gasteiger partial charge in [-0.05, 0) is 49.2 Å². The molecule has 0 radical (unpaired) electrons. The fourth-order valence-corrected chi connectivity index (χ4v) is 5.00. The van der Waals surface area contributed by atoms with Crippen LogP contribution in [0.3, 0.4) is 0 Å². The van der Waals surface area contributed by atoms with Gasteiger partial charge in [0, 0.05) is 17.2 Å². The summed E-state index contributed by atoms with van der Waals surface area (Å²) in [6, 6.07) is 11.7. The predicted octanol–water partition coefficient (Wildman–Crippen LogP) is 3.77. The maximum atomic E-state index is 13.8. The van der Waals surface area contributed by atoms with Crippen molar-refractivity contribution in [3.05, 3.63) is 83.2 Å². The average Bonchev–Trinajstić information content (AvgIpc) is 3.33. The lowest BCUT2D eigenvalue weighted by Gasteiger charge is -2.25. The first-order valence-electron chi connectivity index (χ1n) is 11.5. The number of benzene rings is 2. The summed E-state index contributed by atoms with van der Waals surface area (Å²) in [4.78, 5) is 4.05. The third-order valence-corrected chi connectivity index (χ3v) is 7.38. The third-order valence-electron chi connectivity index (χ3n) is 5.74. The Balaban J connectivity index is 1.68. The molecule has 0 unspecified atom stereocenters. The lowest BCUT2D eigenvalue weighted by molar-refractivity contribution is -0.137. The zero-order valence-corrected chi connectivity index (χ0v) is 21.4. The SMILES string of the molecule is CC(CO)(CO)NS(=O)(=O)c1cccc(C#Cc2cc3nc(-c4ccc(C(F)(F)F)cc4)cc(C(F)F)n3n2)c1. The minimum atomic E-state index is -4.55. The largest absolute Gasteiger partial charge is 0.416 e. The Morgan fingerprint density at radius 3 is 2.27 bits per heavy atom. The van der Waals surface area contributed by atoms with E-state index in [1.807, 2.05) is 0 Å². The van der Waals surface area contributed by atoms with Crippen LogP contribution in [0.1, 0.15) is 35.9 Å². The second-order valence-corrected chi connectivity index (χ2v) is 10.7. The first-order chi connectivity index (χ1) is 18.7. The number of rotatable bonds is 7. The molecular formula is C26H21F5N4O4S. The molecule has 4 aromatic rings. The fraction of sp³-hybridized carbons (Fsp3) is 0.231. The Kier molecular flexibility index (Phi) is 7.95. The van der Waals surface area contributed by atoms with Crippen LogP contribution in [0.4, 0.5) is 22.0 Å². The summed E-state index contributed by atoms with van der Waals surface area (Å²) in [6.07, 6.45) is -7.54. The van der Waals surface area contributed by atoms with E-state index in [0.717, 1.165) is 34.8 Å². The van der Waals surface area contributed by atoms with E-state index in [-0.39, 0.29) is 33.1 Å². The molecule has 2 aromatic heterocycles. The highest BCUT2D eigenvalue weighted by Crippen LogP contribution is 2.32. The minimum absolute atomic E-state index is 0.0131. The minimum Gasteiger partial charge on any atom is -0.394 e. The van der Waals surface area contributed by atoms with Gasteiger partial charge in [0.15, 0.2) is 5.65 Å². The van der Waals surface area contributed by atoms with Gasteiger partial charge in [-0.3, -0.25) is 0 Å². The molecule has 14 heteroatoms. The summed E-state index contributed by atoms with van der Waals surface area (Å²) in [5.74, 6) is 5.36. The molecule has 0 saturated carbocycles. The highest BCUT2D eigenvalue weighted by atomic mass is 32.2. The fourth-order valence-electron chi connectivity index (χ4n) is 3.57. The molecule has 0 amide bonds. The molecule has 2 heterocycles. The molecule has 40 heavy (non-hydrogen) atoms. The van der Waals surface area contributed by atoms with E-state index < -0.39 is 52.6 Å². The number of nitrogens with zero attached hydrogens (tertiary/aromatic N) is 3. The Bertz CT molecular complexity index is 1710. The first kappa shape index (κ1) is 29.1. The van der Waals surface area contributed by atoms with E-state index in [0.29, 0.717) is 0 Å². The lowest BCUT2D eigenvalue weighted by atomic mass is 10.1. The van der Waals surface area contributed by atoms with Crippen molar-refractivity contribution in [2.45, 2.75) is 30.0 Å². The van der Waals surface area contributed by atoms with Crippen LogP contribution >= 0.6 is 0 Å². The van der Waals surface area contributed by atoms with Crippen molar-refractivity contribution < 1.29 is 40.6 Å². The Morgan fingerprint density at radius 2 is 1.68 bits per heavy atom. The maximum Gasteiger partial charge on any atom is 0.416 e. The molecule has 0 spiro atoms. The molecule has 2 aromatic carbocycles. The zero-order valence-electron chi connectivity index (χ0n) is 20.6. The van der Waals surface area contributed by atoms with Gasteiger partial charge in [0.2, 0.25) is 10.0 Å². The van der Waals surface area contributed by atoms with Crippen molar-refractivity contribution >= 4 is 15.7 Å². The van der Waals surface area contributed by atoms with Crippen LogP contribution in [0.15, 0.2) is 65.6 Å². The summed E-state index contributed by atoms with van der Waals surface area (Å²) in [6.45, 7) is 0.0267. The molecule has 0 bridgehead atoms. The summed E-state index contributed by atoms with van der Waals surface area (Å²) in [7, 11) is -4.14. The number of fused-ring (bicyclic) bond motifs is 1. The molecule has 3 N–H and O–H groups in total. The summed E-state index contributed by atoms with van der Waals surface area (Å²) < 4.78 is 94.8. The number of aliphatic hydroxyl groups is 2. The van der Waals surface area contributed by atoms with Crippen molar-refractivity contribution in [1.82, 2.24) is 19.3 Å². The van der Waals surface area contributed by atoms with Gasteiger partial charge in [-0.2, -0.15) is 18.3 Å². The molecule has 4 rings (SSSR count). The average molecular weight is 581 g/mol. The summed E-state index contributed by atoms with van der Waals surface area (Å²) >= 11 is 0. The van der Waals surface area contributed by atoms with Crippen molar-refractivity contribution in [2.75, 3.05) is 13.2 Å². The molecule has 0 saturated heterocycles. The van der Waals surface area contributed by atoms with E-state index in [1.165, 1.54) is 37.3 Å². The third kappa shape index (κ3) is 6.28. The number of hydrogen-bond acceptors (Lipinski definition) is 6. The highest BCUT2D eigenvalue weighted by Gasteiger charge is 2.31. The number of sulfonamides is 1. The number of nitrogens with one attached hydrogen (secondary N) is 1. The quantitative estimate of drug-likeness (QED) is 0.226. The van der Waals surface area contributed by atoms with Crippen LogP contribution in [0.25, 0.3) is 16.9 Å². The van der Waals surface area contributed by atoms with E-state index in [4.69, 9.17) is 0 Å². The molecule has 210 valence electrons. The van der Waals surface area contributed by atoms with Crippen LogP contribution in [0.5, 0.6) is 0 Å². The van der Waals surface area contributed by atoms with Crippen LogP contribution in [0.2, 0.25) is 0 Å². The lowest BCUT2D eigenvalue weighted by Crippen LogP contribution is -2.51. The number of alkyl halides is 5. The molecule has 0 aliphatic heterocycles. The smallest absolute Gasteiger partial charge is 0.394 e. The molecule has 0 fully saturated rings. The van der Waals surface area contributed by atoms with Gasteiger partial charge >= 0.3 is 6.18 Å². The summed E-state index contributed by atoms with van der Waals surface area (Å²) in [5.41, 5.74) is -2.49. The van der Waals surface area contributed by atoms with Gasteiger partial charge < -0.3 is 10.2 Å². The highest BCUT2D eigenvalue weighted by molar-refractivity contribution is 7.89. The predicted molar refractivity (Wildman–Crippen MR) is 134 cm³/mol. The number of halogens is 5. The number of aliphatic hydroxyl groups excluding tert-OH is 2. The number of hydrogen-bond donors (Lipinski definition) is 3. The molecule has 0 aliphatic carbocycles. The van der Waals surface area contributed by atoms with Crippen molar-refractivity contribution in [3.63, 3.8) is 0 Å². The van der Waals surface area contributed by atoms with Gasteiger partial charge in [0.25, 0.3) is 6.43 Å². The van der Waals surface area contributed by atoms with E-state index in [1.54, 1.807) is 0 Å². The Morgan fingerprint density at radius 1 is 1.00 bits per heavy atom.